The maximum absolute atomic E-state index is 13.2. The Morgan fingerprint density at radius 2 is 1.85 bits per heavy atom. The monoisotopic (exact) mass is 360 g/mol. The quantitative estimate of drug-likeness (QED) is 0.625. The highest BCUT2D eigenvalue weighted by atomic mass is 32.2. The number of carbonyl (C=O) groups is 1. The highest BCUT2D eigenvalue weighted by molar-refractivity contribution is 8.04. The number of nitrogens with one attached hydrogen (secondary N) is 2. The Labute approximate surface area is 153 Å². The van der Waals surface area contributed by atoms with Gasteiger partial charge in [0.05, 0.1) is 10.6 Å². The van der Waals surface area contributed by atoms with Crippen molar-refractivity contribution in [2.24, 2.45) is 5.73 Å². The largest absolute Gasteiger partial charge is 0.439 e. The van der Waals surface area contributed by atoms with Crippen LogP contribution in [0.25, 0.3) is 5.76 Å². The first-order valence-electron chi connectivity index (χ1n) is 7.94. The Hall–Kier alpha value is -3.37. The van der Waals surface area contributed by atoms with E-state index in [0.29, 0.717) is 21.9 Å². The smallest absolute Gasteiger partial charge is 0.245 e. The van der Waals surface area contributed by atoms with Gasteiger partial charge in [0.15, 0.2) is 11.2 Å². The summed E-state index contributed by atoms with van der Waals surface area (Å²) in [5.41, 5.74) is 7.96. The molecule has 4 N–H and O–H groups in total. The van der Waals surface area contributed by atoms with E-state index < -0.39 is 5.41 Å². The van der Waals surface area contributed by atoms with Gasteiger partial charge >= 0.3 is 0 Å². The summed E-state index contributed by atoms with van der Waals surface area (Å²) in [6.45, 7) is 0. The van der Waals surface area contributed by atoms with Gasteiger partial charge in [-0.05, 0) is 30.1 Å². The van der Waals surface area contributed by atoms with Crippen LogP contribution in [0.3, 0.4) is 0 Å². The third kappa shape index (κ3) is 1.64. The van der Waals surface area contributed by atoms with E-state index in [4.69, 9.17) is 10.5 Å². The molecule has 6 nitrogen and oxygen atoms in total. The van der Waals surface area contributed by atoms with Crippen LogP contribution in [0.2, 0.25) is 0 Å². The Balaban J connectivity index is 1.89. The van der Waals surface area contributed by atoms with Crippen LogP contribution in [-0.4, -0.2) is 5.91 Å². The fourth-order valence-corrected chi connectivity index (χ4v) is 4.81. The van der Waals surface area contributed by atoms with Crippen LogP contribution >= 0.6 is 11.9 Å². The number of ether oxygens (including phenoxy) is 1. The first-order valence-corrected chi connectivity index (χ1v) is 8.75. The summed E-state index contributed by atoms with van der Waals surface area (Å²) in [7, 11) is 0. The van der Waals surface area contributed by atoms with E-state index in [1.807, 2.05) is 48.5 Å². The summed E-state index contributed by atoms with van der Waals surface area (Å²) < 4.78 is 9.09. The Kier molecular flexibility index (Phi) is 2.91. The highest BCUT2D eigenvalue weighted by Crippen LogP contribution is 2.58. The molecule has 1 spiro atoms. The lowest BCUT2D eigenvalue weighted by molar-refractivity contribution is -0.118. The van der Waals surface area contributed by atoms with Gasteiger partial charge in [-0.15, -0.1) is 0 Å². The molecule has 0 saturated carbocycles. The van der Waals surface area contributed by atoms with Gasteiger partial charge in [0.2, 0.25) is 11.8 Å². The van der Waals surface area contributed by atoms with Gasteiger partial charge in [-0.3, -0.25) is 4.79 Å². The second-order valence-corrected chi connectivity index (χ2v) is 6.93. The number of anilines is 2. The summed E-state index contributed by atoms with van der Waals surface area (Å²) in [6, 6.07) is 17.1. The van der Waals surface area contributed by atoms with Crippen LogP contribution in [0.1, 0.15) is 11.1 Å². The fourth-order valence-electron chi connectivity index (χ4n) is 3.72. The molecule has 0 saturated heterocycles. The Morgan fingerprint density at radius 1 is 1.12 bits per heavy atom. The Morgan fingerprint density at radius 3 is 2.65 bits per heavy atom. The summed E-state index contributed by atoms with van der Waals surface area (Å²) >= 11 is 1.28. The van der Waals surface area contributed by atoms with Crippen molar-refractivity contribution >= 4 is 35.0 Å². The molecule has 0 aromatic heterocycles. The molecule has 7 heteroatoms. The van der Waals surface area contributed by atoms with Crippen molar-refractivity contribution in [3.05, 3.63) is 76.0 Å². The molecule has 0 fully saturated rings. The van der Waals surface area contributed by atoms with Gasteiger partial charge in [0.25, 0.3) is 0 Å². The number of amides is 1. The fraction of sp³-hybridized carbons (Fsp3) is 0.0526. The molecule has 0 bridgehead atoms. The molecule has 1 atom stereocenters. The van der Waals surface area contributed by atoms with E-state index in [9.17, 15) is 10.1 Å². The standard InChI is InChI=1S/C19H12N4O2S/c20-9-12-17(21)25-15-10-5-1-3-7-13(10)23-26-16(15)19(12)11-6-2-4-8-14(11)22-18(19)24/h1-8,23H,21H2,(H,22,24). The van der Waals surface area contributed by atoms with Crippen LogP contribution in [-0.2, 0) is 14.9 Å². The number of nitriles is 1. The zero-order chi connectivity index (χ0) is 17.9. The van der Waals surface area contributed by atoms with Gasteiger partial charge < -0.3 is 20.5 Å². The van der Waals surface area contributed by atoms with Gasteiger partial charge in [0.1, 0.15) is 11.6 Å². The number of nitrogens with two attached hydrogens (primary N) is 1. The third-order valence-corrected chi connectivity index (χ3v) is 5.86. The molecule has 26 heavy (non-hydrogen) atoms. The van der Waals surface area contributed by atoms with Crippen molar-refractivity contribution in [1.82, 2.24) is 0 Å². The van der Waals surface area contributed by atoms with Gasteiger partial charge in [-0.1, -0.05) is 30.3 Å². The molecule has 5 rings (SSSR count). The van der Waals surface area contributed by atoms with Gasteiger partial charge in [-0.2, -0.15) is 5.26 Å². The second kappa shape index (κ2) is 5.07. The first-order chi connectivity index (χ1) is 12.7. The van der Waals surface area contributed by atoms with Crippen molar-refractivity contribution in [2.75, 3.05) is 10.0 Å². The summed E-state index contributed by atoms with van der Waals surface area (Å²) in [6.07, 6.45) is 0. The zero-order valence-corrected chi connectivity index (χ0v) is 14.2. The molecule has 0 radical (unpaired) electrons. The van der Waals surface area contributed by atoms with Crippen LogP contribution < -0.4 is 15.8 Å². The van der Waals surface area contributed by atoms with Crippen molar-refractivity contribution < 1.29 is 9.53 Å². The van der Waals surface area contributed by atoms with Gasteiger partial charge in [-0.25, -0.2) is 0 Å². The van der Waals surface area contributed by atoms with Gasteiger partial charge in [0, 0.05) is 16.8 Å². The van der Waals surface area contributed by atoms with E-state index >= 15 is 0 Å². The predicted molar refractivity (Wildman–Crippen MR) is 99.2 cm³/mol. The number of para-hydroxylation sites is 2. The SMILES string of the molecule is N#CC1=C(N)OC2=C(SNc3ccccc32)C12C(=O)Nc1ccccc12. The number of benzene rings is 2. The normalized spacial score (nSPS) is 22.7. The summed E-state index contributed by atoms with van der Waals surface area (Å²) in [5, 5.41) is 12.7. The molecule has 0 aliphatic carbocycles. The molecule has 1 amide bonds. The van der Waals surface area contributed by atoms with Crippen molar-refractivity contribution in [3.63, 3.8) is 0 Å². The van der Waals surface area contributed by atoms with Crippen molar-refractivity contribution in [1.29, 1.82) is 5.26 Å². The molecule has 2 aromatic rings. The molecule has 3 aliphatic heterocycles. The lowest BCUT2D eigenvalue weighted by Gasteiger charge is -2.37. The third-order valence-electron chi connectivity index (χ3n) is 4.85. The topological polar surface area (TPSA) is 100 Å². The Bertz CT molecular complexity index is 1100. The van der Waals surface area contributed by atoms with E-state index in [1.54, 1.807) is 0 Å². The minimum absolute atomic E-state index is 0.0459. The maximum atomic E-state index is 13.2. The van der Waals surface area contributed by atoms with Crippen LogP contribution in [0.4, 0.5) is 11.4 Å². The number of rotatable bonds is 0. The predicted octanol–water partition coefficient (Wildman–Crippen LogP) is 3.04. The number of nitrogens with zero attached hydrogens (tertiary/aromatic N) is 1. The lowest BCUT2D eigenvalue weighted by atomic mass is 9.73. The molecule has 3 heterocycles. The maximum Gasteiger partial charge on any atom is 0.245 e. The van der Waals surface area contributed by atoms with Crippen LogP contribution in [0.15, 0.2) is 64.9 Å². The van der Waals surface area contributed by atoms with Crippen LogP contribution in [0.5, 0.6) is 0 Å². The van der Waals surface area contributed by atoms with E-state index in [2.05, 4.69) is 16.1 Å². The molecule has 126 valence electrons. The minimum Gasteiger partial charge on any atom is -0.439 e. The minimum atomic E-state index is -1.31. The number of hydrogen-bond donors (Lipinski definition) is 3. The average Bonchev–Trinajstić information content (AvgIpc) is 2.95. The second-order valence-electron chi connectivity index (χ2n) is 6.11. The summed E-state index contributed by atoms with van der Waals surface area (Å²) in [5.74, 6) is 0.158. The highest BCUT2D eigenvalue weighted by Gasteiger charge is 2.58. The summed E-state index contributed by atoms with van der Waals surface area (Å²) in [4.78, 5) is 13.8. The number of carbonyl (C=O) groups excluding carboxylic acids is 1. The van der Waals surface area contributed by atoms with E-state index in [-0.39, 0.29) is 17.4 Å². The molecule has 1 unspecified atom stereocenters. The zero-order valence-electron chi connectivity index (χ0n) is 13.4. The van der Waals surface area contributed by atoms with E-state index in [0.717, 1.165) is 11.3 Å². The average molecular weight is 360 g/mol. The van der Waals surface area contributed by atoms with Crippen LogP contribution in [0, 0.1) is 11.3 Å². The van der Waals surface area contributed by atoms with Crippen molar-refractivity contribution in [3.8, 4) is 6.07 Å². The lowest BCUT2D eigenvalue weighted by Crippen LogP contribution is -2.43. The number of hydrogen-bond acceptors (Lipinski definition) is 6. The number of fused-ring (bicyclic) bond motifs is 5. The molecular formula is C19H12N4O2S. The van der Waals surface area contributed by atoms with E-state index in [1.165, 1.54) is 11.9 Å². The molecule has 2 aromatic carbocycles. The molecule has 3 aliphatic rings. The van der Waals surface area contributed by atoms with Crippen molar-refractivity contribution in [2.45, 2.75) is 5.41 Å². The molecular weight excluding hydrogens is 348 g/mol. The first kappa shape index (κ1) is 14.9.